The summed E-state index contributed by atoms with van der Waals surface area (Å²) in [6.07, 6.45) is 7.66. The Morgan fingerprint density at radius 3 is 2.12 bits per heavy atom. The van der Waals surface area contributed by atoms with Gasteiger partial charge in [-0.15, -0.1) is 0 Å². The van der Waals surface area contributed by atoms with Crippen LogP contribution in [0.3, 0.4) is 0 Å². The van der Waals surface area contributed by atoms with Crippen molar-refractivity contribution in [3.63, 3.8) is 0 Å². The normalized spacial score (nSPS) is 27.8. The molecule has 1 unspecified atom stereocenters. The van der Waals surface area contributed by atoms with E-state index in [1.165, 1.54) is 19.3 Å². The van der Waals surface area contributed by atoms with Crippen molar-refractivity contribution in [2.45, 2.75) is 63.5 Å². The van der Waals surface area contributed by atoms with Gasteiger partial charge in [-0.1, -0.05) is 19.3 Å². The highest BCUT2D eigenvalue weighted by Gasteiger charge is 2.32. The molecule has 0 radical (unpaired) electrons. The summed E-state index contributed by atoms with van der Waals surface area (Å²) in [4.78, 5) is 26.4. The molecule has 0 spiro atoms. The second kappa shape index (κ2) is 7.93. The summed E-state index contributed by atoms with van der Waals surface area (Å²) in [5.41, 5.74) is 0. The van der Waals surface area contributed by atoms with Gasteiger partial charge < -0.3 is 15.5 Å². The van der Waals surface area contributed by atoms with Gasteiger partial charge >= 0.3 is 6.03 Å². The minimum absolute atomic E-state index is 0.0159. The van der Waals surface area contributed by atoms with E-state index in [0.717, 1.165) is 12.8 Å². The molecule has 0 aromatic rings. The van der Waals surface area contributed by atoms with Crippen LogP contribution in [0.5, 0.6) is 0 Å². The zero-order valence-electron chi connectivity index (χ0n) is 14.7. The van der Waals surface area contributed by atoms with Crippen LogP contribution < -0.4 is 10.6 Å². The van der Waals surface area contributed by atoms with Crippen LogP contribution in [0.1, 0.15) is 51.4 Å². The molecule has 7 nitrogen and oxygen atoms in total. The van der Waals surface area contributed by atoms with E-state index < -0.39 is 9.84 Å². The first-order valence-electron chi connectivity index (χ1n) is 9.49. The number of carbonyl (C=O) groups is 2. The number of sulfone groups is 1. The van der Waals surface area contributed by atoms with E-state index in [-0.39, 0.29) is 35.4 Å². The topological polar surface area (TPSA) is 95.6 Å². The van der Waals surface area contributed by atoms with Crippen molar-refractivity contribution in [1.29, 1.82) is 0 Å². The first-order valence-corrected chi connectivity index (χ1v) is 11.3. The van der Waals surface area contributed by atoms with Crippen molar-refractivity contribution < 1.29 is 18.0 Å². The van der Waals surface area contributed by atoms with Crippen molar-refractivity contribution in [2.24, 2.45) is 5.92 Å². The van der Waals surface area contributed by atoms with Crippen LogP contribution in [0.2, 0.25) is 0 Å². The second-order valence-corrected chi connectivity index (χ2v) is 9.88. The maximum Gasteiger partial charge on any atom is 0.317 e. The molecule has 0 aromatic carbocycles. The number of nitrogens with one attached hydrogen (secondary N) is 2. The second-order valence-electron chi connectivity index (χ2n) is 7.65. The maximum absolute atomic E-state index is 12.4. The summed E-state index contributed by atoms with van der Waals surface area (Å²) in [7, 11) is -2.99. The first kappa shape index (κ1) is 18.5. The molecule has 3 amide bonds. The van der Waals surface area contributed by atoms with Gasteiger partial charge in [0.15, 0.2) is 9.84 Å². The van der Waals surface area contributed by atoms with Crippen molar-refractivity contribution >= 4 is 21.8 Å². The number of urea groups is 1. The Balaban J connectivity index is 1.40. The molecular weight excluding hydrogens is 342 g/mol. The van der Waals surface area contributed by atoms with Crippen molar-refractivity contribution in [2.75, 3.05) is 24.6 Å². The molecule has 1 aliphatic carbocycles. The molecule has 0 bridgehead atoms. The van der Waals surface area contributed by atoms with E-state index in [9.17, 15) is 18.0 Å². The lowest BCUT2D eigenvalue weighted by Gasteiger charge is -2.33. The highest BCUT2D eigenvalue weighted by Crippen LogP contribution is 2.21. The van der Waals surface area contributed by atoms with E-state index >= 15 is 0 Å². The van der Waals surface area contributed by atoms with Crippen molar-refractivity contribution in [1.82, 2.24) is 15.5 Å². The number of hydrogen-bond acceptors (Lipinski definition) is 4. The maximum atomic E-state index is 12.4. The van der Waals surface area contributed by atoms with Gasteiger partial charge in [0.1, 0.15) is 0 Å². The third-order valence-electron chi connectivity index (χ3n) is 5.66. The van der Waals surface area contributed by atoms with Crippen LogP contribution in [0.15, 0.2) is 0 Å². The molecule has 2 aliphatic heterocycles. The highest BCUT2D eigenvalue weighted by molar-refractivity contribution is 7.91. The monoisotopic (exact) mass is 371 g/mol. The van der Waals surface area contributed by atoms with Crippen LogP contribution >= 0.6 is 0 Å². The lowest BCUT2D eigenvalue weighted by molar-refractivity contribution is -0.127. The fraction of sp³-hybridized carbons (Fsp3) is 0.882. The molecule has 1 saturated carbocycles. The molecule has 3 aliphatic rings. The van der Waals surface area contributed by atoms with Crippen molar-refractivity contribution in [3.8, 4) is 0 Å². The summed E-state index contributed by atoms with van der Waals surface area (Å²) in [6.45, 7) is 1.10. The number of amides is 3. The molecule has 142 valence electrons. The van der Waals surface area contributed by atoms with Gasteiger partial charge in [0, 0.05) is 31.1 Å². The van der Waals surface area contributed by atoms with Crippen LogP contribution in [0, 0.1) is 5.92 Å². The first-order chi connectivity index (χ1) is 11.9. The summed E-state index contributed by atoms with van der Waals surface area (Å²) < 4.78 is 22.9. The average molecular weight is 372 g/mol. The third-order valence-corrected chi connectivity index (χ3v) is 7.43. The number of hydrogen-bond donors (Lipinski definition) is 2. The molecule has 1 atom stereocenters. The molecular formula is C17H29N3O4S. The molecule has 25 heavy (non-hydrogen) atoms. The minimum Gasteiger partial charge on any atom is -0.353 e. The van der Waals surface area contributed by atoms with Gasteiger partial charge in [0.05, 0.1) is 11.5 Å². The quantitative estimate of drug-likeness (QED) is 0.775. The molecule has 0 aromatic heterocycles. The summed E-state index contributed by atoms with van der Waals surface area (Å²) in [5, 5.41) is 6.00. The zero-order chi connectivity index (χ0) is 17.9. The highest BCUT2D eigenvalue weighted by atomic mass is 32.2. The zero-order valence-corrected chi connectivity index (χ0v) is 15.5. The van der Waals surface area contributed by atoms with Gasteiger partial charge in [0.25, 0.3) is 0 Å². The van der Waals surface area contributed by atoms with E-state index in [1.54, 1.807) is 4.90 Å². The van der Waals surface area contributed by atoms with Crippen LogP contribution in [-0.2, 0) is 14.6 Å². The number of likely N-dealkylation sites (tertiary alicyclic amines) is 1. The predicted molar refractivity (Wildman–Crippen MR) is 94.9 cm³/mol. The van der Waals surface area contributed by atoms with Crippen molar-refractivity contribution in [3.05, 3.63) is 0 Å². The van der Waals surface area contributed by atoms with E-state index in [4.69, 9.17) is 0 Å². The Hall–Kier alpha value is -1.31. The summed E-state index contributed by atoms with van der Waals surface area (Å²) >= 11 is 0. The predicted octanol–water partition coefficient (Wildman–Crippen LogP) is 1.04. The Kier molecular flexibility index (Phi) is 5.86. The third kappa shape index (κ3) is 5.09. The number of piperidine rings is 1. The molecule has 2 heterocycles. The van der Waals surface area contributed by atoms with Crippen LogP contribution in [-0.4, -0.2) is 61.9 Å². The molecule has 2 saturated heterocycles. The fourth-order valence-electron chi connectivity index (χ4n) is 4.09. The van der Waals surface area contributed by atoms with Gasteiger partial charge in [-0.2, -0.15) is 0 Å². The van der Waals surface area contributed by atoms with Gasteiger partial charge in [-0.05, 0) is 32.1 Å². The lowest BCUT2D eigenvalue weighted by atomic mass is 9.92. The number of carbonyl (C=O) groups excluding carboxylic acids is 2. The number of rotatable bonds is 3. The van der Waals surface area contributed by atoms with Gasteiger partial charge in [0.2, 0.25) is 5.91 Å². The molecule has 2 N–H and O–H groups in total. The lowest BCUT2D eigenvalue weighted by Crippen LogP contribution is -2.50. The van der Waals surface area contributed by atoms with Gasteiger partial charge in [-0.3, -0.25) is 4.79 Å². The number of nitrogens with zero attached hydrogens (tertiary/aromatic N) is 1. The Morgan fingerprint density at radius 2 is 1.52 bits per heavy atom. The van der Waals surface area contributed by atoms with E-state index in [1.807, 2.05) is 0 Å². The van der Waals surface area contributed by atoms with Crippen LogP contribution in [0.4, 0.5) is 4.79 Å². The smallest absolute Gasteiger partial charge is 0.317 e. The SMILES string of the molecule is O=C(NC1CCCCC1)C1CCN(C(=O)NC2CCS(=O)(=O)C2)CC1. The minimum atomic E-state index is -2.99. The molecule has 3 rings (SSSR count). The Labute approximate surface area is 149 Å². The Bertz CT molecular complexity index is 593. The average Bonchev–Trinajstić information content (AvgIpc) is 2.94. The molecule has 8 heteroatoms. The Morgan fingerprint density at radius 1 is 0.840 bits per heavy atom. The standard InChI is InChI=1S/C17H29N3O4S/c21-16(18-14-4-2-1-3-5-14)13-6-9-20(10-7-13)17(22)19-15-8-11-25(23,24)12-15/h13-15H,1-12H2,(H,18,21)(H,19,22). The van der Waals surface area contributed by atoms with Gasteiger partial charge in [-0.25, -0.2) is 13.2 Å². The summed E-state index contributed by atoms with van der Waals surface area (Å²) in [6, 6.07) is -0.148. The van der Waals surface area contributed by atoms with Crippen LogP contribution in [0.25, 0.3) is 0 Å². The largest absolute Gasteiger partial charge is 0.353 e. The van der Waals surface area contributed by atoms with E-state index in [0.29, 0.717) is 38.4 Å². The van der Waals surface area contributed by atoms with E-state index in [2.05, 4.69) is 10.6 Å². The molecule has 3 fully saturated rings. The summed E-state index contributed by atoms with van der Waals surface area (Å²) in [5.74, 6) is 0.312. The fourth-order valence-corrected chi connectivity index (χ4v) is 5.76.